The average molecular weight is 363 g/mol. The van der Waals surface area contributed by atoms with Gasteiger partial charge in [0, 0.05) is 19.5 Å². The topological polar surface area (TPSA) is 45.7 Å². The molecule has 8 heteroatoms. The fraction of sp³-hybridized carbons (Fsp3) is 0.588. The van der Waals surface area contributed by atoms with Gasteiger partial charge in [-0.05, 0) is 44.4 Å². The Bertz CT molecular complexity index is 561. The van der Waals surface area contributed by atoms with Crippen molar-refractivity contribution in [3.8, 4) is 5.75 Å². The van der Waals surface area contributed by atoms with Crippen LogP contribution in [0.1, 0.15) is 44.7 Å². The largest absolute Gasteiger partial charge is 0.494 e. The highest BCUT2D eigenvalue weighted by atomic mass is 19.4. The number of hydrogen-bond donors (Lipinski definition) is 2. The summed E-state index contributed by atoms with van der Waals surface area (Å²) in [6, 6.07) is 4.44. The fourth-order valence-electron chi connectivity index (χ4n) is 2.19. The first-order valence-corrected chi connectivity index (χ1v) is 8.22. The minimum absolute atomic E-state index is 0.0473. The second kappa shape index (κ2) is 10.1. The van der Waals surface area contributed by atoms with Gasteiger partial charge in [-0.2, -0.15) is 13.2 Å². The second-order valence-electron chi connectivity index (χ2n) is 5.59. The second-order valence-corrected chi connectivity index (χ2v) is 5.59. The minimum atomic E-state index is -4.13. The van der Waals surface area contributed by atoms with E-state index in [0.29, 0.717) is 24.5 Å². The molecule has 0 aliphatic heterocycles. The molecule has 0 fully saturated rings. The number of aliphatic imine (C=N–C) groups is 1. The summed E-state index contributed by atoms with van der Waals surface area (Å²) in [7, 11) is 1.40. The summed E-state index contributed by atoms with van der Waals surface area (Å²) >= 11 is 0. The summed E-state index contributed by atoms with van der Waals surface area (Å²) in [5.74, 6) is 0.196. The number of unbranched alkanes of at least 4 members (excludes halogenated alkanes) is 1. The average Bonchev–Trinajstić information content (AvgIpc) is 2.53. The molecule has 0 radical (unpaired) electrons. The fourth-order valence-corrected chi connectivity index (χ4v) is 2.19. The van der Waals surface area contributed by atoms with E-state index in [1.165, 1.54) is 13.2 Å². The molecule has 1 rings (SSSR count). The predicted molar refractivity (Wildman–Crippen MR) is 90.4 cm³/mol. The van der Waals surface area contributed by atoms with Crippen molar-refractivity contribution < 1.29 is 22.3 Å². The van der Waals surface area contributed by atoms with Crippen LogP contribution >= 0.6 is 0 Å². The van der Waals surface area contributed by atoms with E-state index in [9.17, 15) is 17.6 Å². The lowest BCUT2D eigenvalue weighted by Gasteiger charge is -2.18. The van der Waals surface area contributed by atoms with Crippen molar-refractivity contribution in [3.05, 3.63) is 29.6 Å². The van der Waals surface area contributed by atoms with Crippen molar-refractivity contribution in [2.75, 3.05) is 20.2 Å². The van der Waals surface area contributed by atoms with Gasteiger partial charge in [0.05, 0.1) is 13.2 Å². The molecule has 0 amide bonds. The molecule has 0 saturated carbocycles. The number of ether oxygens (including phenoxy) is 1. The normalized spacial score (nSPS) is 13.5. The lowest BCUT2D eigenvalue weighted by atomic mass is 10.1. The van der Waals surface area contributed by atoms with Crippen LogP contribution in [-0.4, -0.2) is 32.3 Å². The molecule has 25 heavy (non-hydrogen) atoms. The Balaban J connectivity index is 2.60. The Morgan fingerprint density at radius 3 is 2.56 bits per heavy atom. The predicted octanol–water partition coefficient (Wildman–Crippen LogP) is 4.18. The number of nitrogens with zero attached hydrogens (tertiary/aromatic N) is 1. The van der Waals surface area contributed by atoms with Gasteiger partial charge in [0.1, 0.15) is 0 Å². The van der Waals surface area contributed by atoms with Gasteiger partial charge in [0.25, 0.3) is 0 Å². The molecule has 0 bridgehead atoms. The maximum absolute atomic E-state index is 13.8. The standard InChI is InChI=1S/C17H25F4N3O/c1-4-22-16(23-10-6-5-9-17(19,20)21)24-12(2)13-7-8-15(25-3)14(18)11-13/h7-8,11-12H,4-6,9-10H2,1-3H3,(H2,22,23,24). The quantitative estimate of drug-likeness (QED) is 0.315. The van der Waals surface area contributed by atoms with Gasteiger partial charge in [0.15, 0.2) is 17.5 Å². The number of nitrogens with one attached hydrogen (secondary N) is 2. The van der Waals surface area contributed by atoms with Crippen LogP contribution in [0, 0.1) is 5.82 Å². The Labute approximate surface area is 145 Å². The molecule has 2 N–H and O–H groups in total. The summed E-state index contributed by atoms with van der Waals surface area (Å²) in [6.07, 6.45) is -4.53. The van der Waals surface area contributed by atoms with Gasteiger partial charge < -0.3 is 15.4 Å². The molecule has 0 saturated heterocycles. The SMILES string of the molecule is CCNC(=NCCCCC(F)(F)F)NC(C)c1ccc(OC)c(F)c1. The van der Waals surface area contributed by atoms with E-state index in [-0.39, 0.29) is 24.8 Å². The summed E-state index contributed by atoms with van der Waals surface area (Å²) < 4.78 is 55.0. The summed E-state index contributed by atoms with van der Waals surface area (Å²) in [6.45, 7) is 4.63. The lowest BCUT2D eigenvalue weighted by molar-refractivity contribution is -0.135. The number of hydrogen-bond acceptors (Lipinski definition) is 2. The van der Waals surface area contributed by atoms with Crippen LogP contribution in [0.4, 0.5) is 17.6 Å². The summed E-state index contributed by atoms with van der Waals surface area (Å²) in [5, 5.41) is 6.14. The van der Waals surface area contributed by atoms with Gasteiger partial charge in [-0.1, -0.05) is 6.07 Å². The maximum atomic E-state index is 13.8. The number of methoxy groups -OCH3 is 1. The number of benzene rings is 1. The zero-order valence-corrected chi connectivity index (χ0v) is 14.7. The van der Waals surface area contributed by atoms with Crippen molar-refractivity contribution in [2.45, 2.75) is 45.3 Å². The molecule has 0 aliphatic carbocycles. The van der Waals surface area contributed by atoms with Crippen molar-refractivity contribution in [1.82, 2.24) is 10.6 Å². The highest BCUT2D eigenvalue weighted by molar-refractivity contribution is 5.80. The van der Waals surface area contributed by atoms with Crippen LogP contribution in [0.2, 0.25) is 0 Å². The Kier molecular flexibility index (Phi) is 8.51. The summed E-state index contributed by atoms with van der Waals surface area (Å²) in [4.78, 5) is 4.26. The van der Waals surface area contributed by atoms with Crippen molar-refractivity contribution in [1.29, 1.82) is 0 Å². The third-order valence-electron chi connectivity index (χ3n) is 3.51. The van der Waals surface area contributed by atoms with Crippen LogP contribution < -0.4 is 15.4 Å². The van der Waals surface area contributed by atoms with E-state index < -0.39 is 18.4 Å². The zero-order valence-electron chi connectivity index (χ0n) is 14.7. The van der Waals surface area contributed by atoms with E-state index in [1.54, 1.807) is 12.1 Å². The molecule has 0 aliphatic rings. The van der Waals surface area contributed by atoms with Crippen molar-refractivity contribution >= 4 is 5.96 Å². The van der Waals surface area contributed by atoms with Crippen LogP contribution in [0.5, 0.6) is 5.75 Å². The van der Waals surface area contributed by atoms with Crippen molar-refractivity contribution in [3.63, 3.8) is 0 Å². The number of alkyl halides is 3. The Morgan fingerprint density at radius 1 is 1.28 bits per heavy atom. The van der Waals surface area contributed by atoms with E-state index >= 15 is 0 Å². The number of rotatable bonds is 8. The maximum Gasteiger partial charge on any atom is 0.389 e. The third kappa shape index (κ3) is 8.09. The van der Waals surface area contributed by atoms with Gasteiger partial charge in [-0.25, -0.2) is 4.39 Å². The number of guanidine groups is 1. The molecule has 0 aromatic heterocycles. The van der Waals surface area contributed by atoms with E-state index in [0.717, 1.165) is 0 Å². The van der Waals surface area contributed by atoms with Gasteiger partial charge in [0.2, 0.25) is 0 Å². The van der Waals surface area contributed by atoms with Crippen LogP contribution in [0.25, 0.3) is 0 Å². The van der Waals surface area contributed by atoms with Gasteiger partial charge >= 0.3 is 6.18 Å². The van der Waals surface area contributed by atoms with E-state index in [1.807, 2.05) is 13.8 Å². The molecule has 142 valence electrons. The van der Waals surface area contributed by atoms with Gasteiger partial charge in [-0.3, -0.25) is 4.99 Å². The van der Waals surface area contributed by atoms with Crippen LogP contribution in [-0.2, 0) is 0 Å². The first-order chi connectivity index (χ1) is 11.8. The first kappa shape index (κ1) is 21.1. The summed E-state index contributed by atoms with van der Waals surface area (Å²) in [5.41, 5.74) is 0.709. The third-order valence-corrected chi connectivity index (χ3v) is 3.51. The Hall–Kier alpha value is -1.99. The zero-order chi connectivity index (χ0) is 18.9. The molecular formula is C17H25F4N3O. The highest BCUT2D eigenvalue weighted by Crippen LogP contribution is 2.22. The molecule has 0 spiro atoms. The molecule has 0 heterocycles. The molecule has 1 atom stereocenters. The van der Waals surface area contributed by atoms with E-state index in [2.05, 4.69) is 15.6 Å². The van der Waals surface area contributed by atoms with Crippen molar-refractivity contribution in [2.24, 2.45) is 4.99 Å². The van der Waals surface area contributed by atoms with E-state index in [4.69, 9.17) is 4.74 Å². The molecule has 1 unspecified atom stereocenters. The first-order valence-electron chi connectivity index (χ1n) is 8.22. The van der Waals surface area contributed by atoms with Crippen LogP contribution in [0.3, 0.4) is 0 Å². The minimum Gasteiger partial charge on any atom is -0.494 e. The lowest BCUT2D eigenvalue weighted by Crippen LogP contribution is -2.38. The Morgan fingerprint density at radius 2 is 2.00 bits per heavy atom. The molecular weight excluding hydrogens is 338 g/mol. The monoisotopic (exact) mass is 363 g/mol. The highest BCUT2D eigenvalue weighted by Gasteiger charge is 2.25. The molecule has 1 aromatic carbocycles. The molecule has 4 nitrogen and oxygen atoms in total. The number of halogens is 4. The molecule has 1 aromatic rings. The van der Waals surface area contributed by atoms with Crippen LogP contribution in [0.15, 0.2) is 23.2 Å². The van der Waals surface area contributed by atoms with Gasteiger partial charge in [-0.15, -0.1) is 0 Å². The smallest absolute Gasteiger partial charge is 0.389 e.